The van der Waals surface area contributed by atoms with Gasteiger partial charge in [0.05, 0.1) is 25.0 Å². The number of aromatic nitrogens is 1. The molecule has 0 radical (unpaired) electrons. The molecule has 2 aromatic heterocycles. The first-order valence-corrected chi connectivity index (χ1v) is 9.79. The Morgan fingerprint density at radius 2 is 2.10 bits per heavy atom. The van der Waals surface area contributed by atoms with Crippen LogP contribution in [-0.4, -0.2) is 35.8 Å². The number of carbonyl (C=O) groups is 1. The van der Waals surface area contributed by atoms with Crippen molar-refractivity contribution in [3.8, 4) is 5.75 Å². The molecule has 154 valence electrons. The summed E-state index contributed by atoms with van der Waals surface area (Å²) in [6, 6.07) is 11.5. The van der Waals surface area contributed by atoms with Crippen molar-refractivity contribution in [2.45, 2.75) is 20.0 Å². The summed E-state index contributed by atoms with van der Waals surface area (Å²) in [4.78, 5) is 16.0. The first-order chi connectivity index (χ1) is 14.5. The van der Waals surface area contributed by atoms with E-state index in [1.165, 1.54) is 0 Å². The minimum atomic E-state index is -0.621. The Labute approximate surface area is 174 Å². The first kappa shape index (κ1) is 19.8. The maximum Gasteiger partial charge on any atom is 0.255 e. The number of aliphatic hydroxyl groups excluding tert-OH is 1. The molecule has 2 heterocycles. The smallest absolute Gasteiger partial charge is 0.255 e. The van der Waals surface area contributed by atoms with Gasteiger partial charge >= 0.3 is 0 Å². The number of fused-ring (bicyclic) bond motifs is 2. The Balaban J connectivity index is 1.76. The molecule has 3 N–H and O–H groups in total. The van der Waals surface area contributed by atoms with Crippen LogP contribution in [0.2, 0.25) is 0 Å². The number of nitrogens with one attached hydrogen (secondary N) is 2. The van der Waals surface area contributed by atoms with Crippen LogP contribution in [0.4, 0.5) is 0 Å². The number of hydrogen-bond acceptors (Lipinski definition) is 4. The molecule has 0 spiro atoms. The van der Waals surface area contributed by atoms with E-state index in [0.29, 0.717) is 11.3 Å². The number of rotatable bonds is 6. The Morgan fingerprint density at radius 1 is 1.27 bits per heavy atom. The number of carbonyl (C=O) groups excluding carboxylic acids is 1. The molecule has 0 aliphatic carbocycles. The maximum absolute atomic E-state index is 12.6. The predicted molar refractivity (Wildman–Crippen MR) is 119 cm³/mol. The lowest BCUT2D eigenvalue weighted by Gasteiger charge is -2.12. The van der Waals surface area contributed by atoms with Crippen molar-refractivity contribution in [2.75, 3.05) is 13.7 Å². The molecule has 1 atom stereocenters. The summed E-state index contributed by atoms with van der Waals surface area (Å²) in [7, 11) is 1.56. The molecule has 0 saturated carbocycles. The van der Waals surface area contributed by atoms with Gasteiger partial charge < -0.3 is 24.6 Å². The molecular formula is C24H24N2O4. The SMILES string of the molecule is COc1c(C(=O)NCC(C)O)ccc2[nH]c(C)c(/C=C/c3ccc4occc4c3)c12. The van der Waals surface area contributed by atoms with E-state index in [1.807, 2.05) is 43.3 Å². The van der Waals surface area contributed by atoms with Crippen molar-refractivity contribution in [3.63, 3.8) is 0 Å². The zero-order valence-electron chi connectivity index (χ0n) is 17.2. The van der Waals surface area contributed by atoms with Gasteiger partial charge in [0.1, 0.15) is 11.3 Å². The number of benzene rings is 2. The summed E-state index contributed by atoms with van der Waals surface area (Å²) in [5, 5.41) is 14.1. The van der Waals surface area contributed by atoms with Crippen LogP contribution >= 0.6 is 0 Å². The van der Waals surface area contributed by atoms with Crippen molar-refractivity contribution < 1.29 is 19.1 Å². The van der Waals surface area contributed by atoms with Gasteiger partial charge in [-0.2, -0.15) is 0 Å². The quantitative estimate of drug-likeness (QED) is 0.441. The molecule has 1 unspecified atom stereocenters. The van der Waals surface area contributed by atoms with E-state index in [4.69, 9.17) is 9.15 Å². The fourth-order valence-corrected chi connectivity index (χ4v) is 3.61. The molecule has 6 nitrogen and oxygen atoms in total. The first-order valence-electron chi connectivity index (χ1n) is 9.79. The van der Waals surface area contributed by atoms with Crippen LogP contribution in [-0.2, 0) is 0 Å². The number of amides is 1. The van der Waals surface area contributed by atoms with Crippen LogP contribution in [0.1, 0.15) is 34.1 Å². The predicted octanol–water partition coefficient (Wildman–Crippen LogP) is 4.51. The highest BCUT2D eigenvalue weighted by atomic mass is 16.5. The number of aryl methyl sites for hydroxylation is 1. The highest BCUT2D eigenvalue weighted by Gasteiger charge is 2.19. The van der Waals surface area contributed by atoms with E-state index in [0.717, 1.165) is 38.7 Å². The van der Waals surface area contributed by atoms with Gasteiger partial charge in [-0.3, -0.25) is 4.79 Å². The molecule has 4 aromatic rings. The fourth-order valence-electron chi connectivity index (χ4n) is 3.61. The molecular weight excluding hydrogens is 380 g/mol. The zero-order chi connectivity index (χ0) is 21.3. The van der Waals surface area contributed by atoms with Crippen LogP contribution < -0.4 is 10.1 Å². The number of hydrogen-bond donors (Lipinski definition) is 3. The second kappa shape index (κ2) is 8.08. The molecule has 0 saturated heterocycles. The highest BCUT2D eigenvalue weighted by molar-refractivity contribution is 6.06. The van der Waals surface area contributed by atoms with Gasteiger partial charge in [-0.05, 0) is 49.7 Å². The van der Waals surface area contributed by atoms with Crippen LogP contribution in [0.15, 0.2) is 47.1 Å². The Bertz CT molecular complexity index is 1250. The number of furan rings is 1. The van der Waals surface area contributed by atoms with Crippen LogP contribution in [0.25, 0.3) is 34.0 Å². The Kier molecular flexibility index (Phi) is 5.33. The van der Waals surface area contributed by atoms with Gasteiger partial charge in [0.15, 0.2) is 0 Å². The van der Waals surface area contributed by atoms with Gasteiger partial charge in [0, 0.05) is 34.1 Å². The van der Waals surface area contributed by atoms with Gasteiger partial charge in [0.2, 0.25) is 0 Å². The third-order valence-corrected chi connectivity index (χ3v) is 5.08. The molecule has 2 aromatic carbocycles. The van der Waals surface area contributed by atoms with Crippen molar-refractivity contribution in [3.05, 3.63) is 65.0 Å². The van der Waals surface area contributed by atoms with Gasteiger partial charge in [-0.15, -0.1) is 0 Å². The molecule has 0 fully saturated rings. The summed E-state index contributed by atoms with van der Waals surface area (Å²) in [6.07, 6.45) is 5.11. The summed E-state index contributed by atoms with van der Waals surface area (Å²) in [6.45, 7) is 3.79. The van der Waals surface area contributed by atoms with E-state index in [2.05, 4.69) is 16.4 Å². The molecule has 0 bridgehead atoms. The van der Waals surface area contributed by atoms with Gasteiger partial charge in [-0.25, -0.2) is 0 Å². The van der Waals surface area contributed by atoms with E-state index >= 15 is 0 Å². The second-order valence-electron chi connectivity index (χ2n) is 7.34. The zero-order valence-corrected chi connectivity index (χ0v) is 17.2. The van der Waals surface area contributed by atoms with E-state index < -0.39 is 6.10 Å². The minimum Gasteiger partial charge on any atom is -0.495 e. The topological polar surface area (TPSA) is 87.5 Å². The van der Waals surface area contributed by atoms with E-state index in [1.54, 1.807) is 26.4 Å². The van der Waals surface area contributed by atoms with Crippen LogP contribution in [0.5, 0.6) is 5.75 Å². The third kappa shape index (κ3) is 3.69. The Morgan fingerprint density at radius 3 is 2.87 bits per heavy atom. The lowest BCUT2D eigenvalue weighted by Crippen LogP contribution is -2.30. The fraction of sp³-hybridized carbons (Fsp3) is 0.208. The highest BCUT2D eigenvalue weighted by Crippen LogP contribution is 2.35. The summed E-state index contributed by atoms with van der Waals surface area (Å²) in [5.74, 6) is 0.221. The largest absolute Gasteiger partial charge is 0.495 e. The third-order valence-electron chi connectivity index (χ3n) is 5.08. The van der Waals surface area contributed by atoms with E-state index in [-0.39, 0.29) is 12.5 Å². The summed E-state index contributed by atoms with van der Waals surface area (Å²) < 4.78 is 11.1. The summed E-state index contributed by atoms with van der Waals surface area (Å²) >= 11 is 0. The number of H-pyrrole nitrogens is 1. The van der Waals surface area contributed by atoms with Crippen molar-refractivity contribution >= 4 is 39.9 Å². The normalized spacial score (nSPS) is 12.7. The number of ether oxygens (including phenoxy) is 1. The molecule has 1 amide bonds. The summed E-state index contributed by atoms with van der Waals surface area (Å²) in [5.41, 5.74) is 5.15. The molecule has 6 heteroatoms. The second-order valence-corrected chi connectivity index (χ2v) is 7.34. The van der Waals surface area contributed by atoms with E-state index in [9.17, 15) is 9.90 Å². The van der Waals surface area contributed by atoms with Gasteiger partial charge in [0.25, 0.3) is 5.91 Å². The monoisotopic (exact) mass is 404 g/mol. The number of aliphatic hydroxyl groups is 1. The molecule has 0 aliphatic heterocycles. The lowest BCUT2D eigenvalue weighted by molar-refractivity contribution is 0.0921. The van der Waals surface area contributed by atoms with Crippen LogP contribution in [0.3, 0.4) is 0 Å². The van der Waals surface area contributed by atoms with Crippen LogP contribution in [0, 0.1) is 6.92 Å². The Hall–Kier alpha value is -3.51. The van der Waals surface area contributed by atoms with Crippen molar-refractivity contribution in [2.24, 2.45) is 0 Å². The molecule has 0 aliphatic rings. The average molecular weight is 404 g/mol. The lowest BCUT2D eigenvalue weighted by atomic mass is 10.0. The van der Waals surface area contributed by atoms with Crippen molar-refractivity contribution in [1.82, 2.24) is 10.3 Å². The number of methoxy groups -OCH3 is 1. The van der Waals surface area contributed by atoms with Crippen molar-refractivity contribution in [1.29, 1.82) is 0 Å². The number of aromatic amines is 1. The molecule has 30 heavy (non-hydrogen) atoms. The van der Waals surface area contributed by atoms with Gasteiger partial charge in [-0.1, -0.05) is 18.2 Å². The molecule has 4 rings (SSSR count). The maximum atomic E-state index is 12.6. The average Bonchev–Trinajstić information content (AvgIpc) is 3.32. The minimum absolute atomic E-state index is 0.176. The standard InChI is InChI=1S/C24H24N2O4/c1-14(27)13-25-24(28)19-7-8-20-22(23(19)29-3)18(15(2)26-20)6-4-16-5-9-21-17(12-16)10-11-30-21/h4-12,14,26-27H,13H2,1-3H3,(H,25,28)/b6-4+.